The summed E-state index contributed by atoms with van der Waals surface area (Å²) in [5, 5.41) is 18.8. The summed E-state index contributed by atoms with van der Waals surface area (Å²) < 4.78 is 19.5. The standard InChI is InChI=1S/C19H11FN4O2/c20-11-6-7-13(16(8-11)26-12-4-2-1-3-5-12)17-14(9-21)18(23)24-19(25)15(17)10-22/h1-8H,(H3,23,24,25). The van der Waals surface area contributed by atoms with Crippen LogP contribution in [0.1, 0.15) is 11.1 Å². The highest BCUT2D eigenvalue weighted by Gasteiger charge is 2.21. The zero-order valence-corrected chi connectivity index (χ0v) is 13.3. The normalized spacial score (nSPS) is 9.96. The summed E-state index contributed by atoms with van der Waals surface area (Å²) in [7, 11) is 0. The molecule has 0 saturated heterocycles. The first kappa shape index (κ1) is 16.7. The average Bonchev–Trinajstić information content (AvgIpc) is 2.62. The van der Waals surface area contributed by atoms with Gasteiger partial charge in [0, 0.05) is 17.2 Å². The number of rotatable bonds is 3. The molecular weight excluding hydrogens is 335 g/mol. The van der Waals surface area contributed by atoms with Crippen molar-refractivity contribution in [1.82, 2.24) is 4.98 Å². The van der Waals surface area contributed by atoms with Crippen LogP contribution in [0.25, 0.3) is 11.1 Å². The monoisotopic (exact) mass is 346 g/mol. The van der Waals surface area contributed by atoms with Gasteiger partial charge in [-0.2, -0.15) is 10.5 Å². The largest absolute Gasteiger partial charge is 0.457 e. The minimum atomic E-state index is -0.742. The van der Waals surface area contributed by atoms with Crippen molar-refractivity contribution in [3.63, 3.8) is 0 Å². The molecule has 0 aliphatic carbocycles. The van der Waals surface area contributed by atoms with Crippen LogP contribution in [0.4, 0.5) is 10.2 Å². The van der Waals surface area contributed by atoms with Gasteiger partial charge in [-0.3, -0.25) is 4.79 Å². The number of ether oxygens (including phenoxy) is 1. The van der Waals surface area contributed by atoms with Gasteiger partial charge in [-0.1, -0.05) is 18.2 Å². The number of anilines is 1. The summed E-state index contributed by atoms with van der Waals surface area (Å²) in [6.45, 7) is 0. The second-order valence-corrected chi connectivity index (χ2v) is 5.27. The van der Waals surface area contributed by atoms with Crippen LogP contribution in [0.3, 0.4) is 0 Å². The Hall–Kier alpha value is -4.10. The van der Waals surface area contributed by atoms with Gasteiger partial charge in [0.05, 0.1) is 0 Å². The molecule has 3 aromatic rings. The van der Waals surface area contributed by atoms with E-state index in [1.807, 2.05) is 6.07 Å². The summed E-state index contributed by atoms with van der Waals surface area (Å²) >= 11 is 0. The molecule has 126 valence electrons. The smallest absolute Gasteiger partial charge is 0.268 e. The van der Waals surface area contributed by atoms with Gasteiger partial charge in [-0.15, -0.1) is 0 Å². The predicted octanol–water partition coefficient (Wildman–Crippen LogP) is 3.30. The van der Waals surface area contributed by atoms with E-state index >= 15 is 0 Å². The third-order valence-corrected chi connectivity index (χ3v) is 3.65. The molecule has 3 rings (SSSR count). The third kappa shape index (κ3) is 2.97. The first-order valence-corrected chi connectivity index (χ1v) is 7.44. The molecule has 0 aliphatic rings. The zero-order chi connectivity index (χ0) is 18.7. The van der Waals surface area contributed by atoms with Gasteiger partial charge in [0.25, 0.3) is 5.56 Å². The molecule has 26 heavy (non-hydrogen) atoms. The number of hydrogen-bond acceptors (Lipinski definition) is 5. The summed E-state index contributed by atoms with van der Waals surface area (Å²) in [5.41, 5.74) is 4.80. The Balaban J connectivity index is 2.31. The molecule has 0 fully saturated rings. The van der Waals surface area contributed by atoms with Crippen molar-refractivity contribution in [1.29, 1.82) is 10.5 Å². The molecule has 0 amide bonds. The molecule has 2 aromatic carbocycles. The number of para-hydroxylation sites is 1. The Bertz CT molecular complexity index is 1130. The lowest BCUT2D eigenvalue weighted by atomic mass is 9.96. The van der Waals surface area contributed by atoms with E-state index in [1.54, 1.807) is 36.4 Å². The summed E-state index contributed by atoms with van der Waals surface area (Å²) in [6.07, 6.45) is 0. The van der Waals surface area contributed by atoms with E-state index in [4.69, 9.17) is 10.5 Å². The molecule has 0 aliphatic heterocycles. The minimum absolute atomic E-state index is 0.00202. The molecule has 0 saturated carbocycles. The van der Waals surface area contributed by atoms with E-state index in [0.29, 0.717) is 5.75 Å². The van der Waals surface area contributed by atoms with Gasteiger partial charge >= 0.3 is 0 Å². The van der Waals surface area contributed by atoms with Gasteiger partial charge in [0.2, 0.25) is 0 Å². The maximum atomic E-state index is 13.8. The van der Waals surface area contributed by atoms with Crippen molar-refractivity contribution in [3.05, 3.63) is 75.8 Å². The number of hydrogen-bond donors (Lipinski definition) is 2. The highest BCUT2D eigenvalue weighted by molar-refractivity contribution is 5.83. The van der Waals surface area contributed by atoms with Crippen LogP contribution in [0.5, 0.6) is 11.5 Å². The number of aromatic nitrogens is 1. The Morgan fingerprint density at radius 3 is 2.38 bits per heavy atom. The number of benzene rings is 2. The van der Waals surface area contributed by atoms with E-state index in [9.17, 15) is 19.7 Å². The molecule has 0 unspecified atom stereocenters. The molecular formula is C19H11FN4O2. The second-order valence-electron chi connectivity index (χ2n) is 5.27. The van der Waals surface area contributed by atoms with Gasteiger partial charge in [-0.05, 0) is 24.3 Å². The fourth-order valence-electron chi connectivity index (χ4n) is 2.52. The van der Waals surface area contributed by atoms with Gasteiger partial charge < -0.3 is 15.5 Å². The number of aromatic amines is 1. The van der Waals surface area contributed by atoms with E-state index < -0.39 is 11.4 Å². The van der Waals surface area contributed by atoms with Gasteiger partial charge in [0.1, 0.15) is 46.4 Å². The number of pyridine rings is 1. The first-order valence-electron chi connectivity index (χ1n) is 7.44. The summed E-state index contributed by atoms with van der Waals surface area (Å²) in [6, 6.07) is 15.8. The number of H-pyrrole nitrogens is 1. The molecule has 0 radical (unpaired) electrons. The van der Waals surface area contributed by atoms with Crippen LogP contribution in [-0.2, 0) is 0 Å². The maximum absolute atomic E-state index is 13.8. The highest BCUT2D eigenvalue weighted by Crippen LogP contribution is 2.37. The van der Waals surface area contributed by atoms with Crippen molar-refractivity contribution in [3.8, 4) is 34.8 Å². The SMILES string of the molecule is N#Cc1c(N)[nH]c(=O)c(C#N)c1-c1ccc(F)cc1Oc1ccccc1. The highest BCUT2D eigenvalue weighted by atomic mass is 19.1. The van der Waals surface area contributed by atoms with E-state index in [0.717, 1.165) is 12.1 Å². The molecule has 3 N–H and O–H groups in total. The molecule has 0 bridgehead atoms. The molecule has 1 heterocycles. The maximum Gasteiger partial charge on any atom is 0.268 e. The molecule has 7 heteroatoms. The fourth-order valence-corrected chi connectivity index (χ4v) is 2.52. The lowest BCUT2D eigenvalue weighted by Crippen LogP contribution is -2.16. The second kappa shape index (κ2) is 6.80. The van der Waals surface area contributed by atoms with Crippen molar-refractivity contribution in [2.75, 3.05) is 5.73 Å². The Morgan fingerprint density at radius 2 is 1.73 bits per heavy atom. The number of nitriles is 2. The lowest BCUT2D eigenvalue weighted by Gasteiger charge is -2.14. The fraction of sp³-hybridized carbons (Fsp3) is 0. The van der Waals surface area contributed by atoms with E-state index in [2.05, 4.69) is 4.98 Å². The first-order chi connectivity index (χ1) is 12.5. The molecule has 6 nitrogen and oxygen atoms in total. The van der Waals surface area contributed by atoms with Crippen LogP contribution in [0.15, 0.2) is 53.3 Å². The van der Waals surface area contributed by atoms with Crippen molar-refractivity contribution in [2.24, 2.45) is 0 Å². The number of nitrogens with two attached hydrogens (primary N) is 1. The topological polar surface area (TPSA) is 116 Å². The zero-order valence-electron chi connectivity index (χ0n) is 13.3. The third-order valence-electron chi connectivity index (χ3n) is 3.65. The van der Waals surface area contributed by atoms with Gasteiger partial charge in [0.15, 0.2) is 0 Å². The number of nitrogen functional groups attached to an aromatic ring is 1. The van der Waals surface area contributed by atoms with Crippen LogP contribution in [0.2, 0.25) is 0 Å². The number of nitrogens with one attached hydrogen (secondary N) is 1. The quantitative estimate of drug-likeness (QED) is 0.755. The summed E-state index contributed by atoms with van der Waals surface area (Å²) in [4.78, 5) is 14.3. The van der Waals surface area contributed by atoms with Crippen LogP contribution in [0, 0.1) is 28.5 Å². The number of halogens is 1. The Kier molecular flexibility index (Phi) is 4.38. The molecule has 1 aromatic heterocycles. The van der Waals surface area contributed by atoms with Crippen molar-refractivity contribution in [2.45, 2.75) is 0 Å². The molecule has 0 spiro atoms. The Morgan fingerprint density at radius 1 is 1.04 bits per heavy atom. The summed E-state index contributed by atoms with van der Waals surface area (Å²) in [5.74, 6) is -0.278. The lowest BCUT2D eigenvalue weighted by molar-refractivity contribution is 0.478. The van der Waals surface area contributed by atoms with Crippen LogP contribution in [-0.4, -0.2) is 4.98 Å². The van der Waals surface area contributed by atoms with Gasteiger partial charge in [-0.25, -0.2) is 4.39 Å². The Labute approximate surface area is 147 Å². The number of nitrogens with zero attached hydrogens (tertiary/aromatic N) is 2. The van der Waals surface area contributed by atoms with Crippen LogP contribution < -0.4 is 16.0 Å². The minimum Gasteiger partial charge on any atom is -0.457 e. The molecule has 0 atom stereocenters. The predicted molar refractivity (Wildman–Crippen MR) is 92.8 cm³/mol. The van der Waals surface area contributed by atoms with Crippen molar-refractivity contribution >= 4 is 5.82 Å². The van der Waals surface area contributed by atoms with E-state index in [1.165, 1.54) is 6.07 Å². The van der Waals surface area contributed by atoms with Crippen LogP contribution >= 0.6 is 0 Å². The van der Waals surface area contributed by atoms with E-state index in [-0.39, 0.29) is 33.8 Å². The average molecular weight is 346 g/mol. The van der Waals surface area contributed by atoms with Crippen molar-refractivity contribution < 1.29 is 9.13 Å².